The Balaban J connectivity index is 0.000000682. The van der Waals surface area contributed by atoms with Crippen molar-refractivity contribution in [2.45, 2.75) is 59.5 Å². The number of carboxylic acid groups (broad SMARTS) is 1. The first kappa shape index (κ1) is 29.9. The molecule has 0 radical (unpaired) electrons. The van der Waals surface area contributed by atoms with Crippen LogP contribution in [0.15, 0.2) is 66.7 Å². The fraction of sp³-hybridized carbons (Fsp3) is 0.286. The second-order valence-electron chi connectivity index (χ2n) is 11.8. The average molecular weight is 582 g/mol. The topological polar surface area (TPSA) is 97.0 Å². The average Bonchev–Trinajstić information content (AvgIpc) is 3.39. The van der Waals surface area contributed by atoms with Gasteiger partial charge in [0.05, 0.1) is 30.0 Å². The smallest absolute Gasteiger partial charge is 0.307 e. The van der Waals surface area contributed by atoms with Gasteiger partial charge in [-0.3, -0.25) is 4.79 Å². The van der Waals surface area contributed by atoms with Gasteiger partial charge < -0.3 is 14.9 Å². The number of aliphatic hydroxyl groups is 1. The first-order valence-electron chi connectivity index (χ1n) is 14.3. The van der Waals surface area contributed by atoms with Crippen LogP contribution < -0.4 is 4.74 Å². The van der Waals surface area contributed by atoms with Gasteiger partial charge in [0.25, 0.3) is 0 Å². The molecule has 0 unspecified atom stereocenters. The highest BCUT2D eigenvalue weighted by molar-refractivity contribution is 5.80. The van der Waals surface area contributed by atoms with Crippen LogP contribution in [0.2, 0.25) is 0 Å². The molecular formula is C35H36FN3O4. The Hall–Kier alpha value is -4.56. The van der Waals surface area contributed by atoms with Crippen LogP contribution in [-0.2, 0) is 17.6 Å². The van der Waals surface area contributed by atoms with Gasteiger partial charge in [-0.15, -0.1) is 0 Å². The summed E-state index contributed by atoms with van der Waals surface area (Å²) in [6, 6.07) is 21.5. The monoisotopic (exact) mass is 581 g/mol. The lowest BCUT2D eigenvalue weighted by Gasteiger charge is -2.23. The molecule has 2 aromatic heterocycles. The summed E-state index contributed by atoms with van der Waals surface area (Å²) >= 11 is 0. The van der Waals surface area contributed by atoms with Crippen molar-refractivity contribution in [2.24, 2.45) is 0 Å². The Labute approximate surface area is 250 Å². The van der Waals surface area contributed by atoms with E-state index in [1.807, 2.05) is 43.3 Å². The van der Waals surface area contributed by atoms with Gasteiger partial charge >= 0.3 is 5.97 Å². The molecule has 0 atom stereocenters. The SMILES string of the molecule is CC(C)(C)O.Cc1nc2cc(-c3cccc(-c4ccccc4)c3)nn2c(-c2cc(F)c3c(c2C)CCCO3)c1CC(=O)O. The number of hydrogen-bond acceptors (Lipinski definition) is 5. The molecule has 43 heavy (non-hydrogen) atoms. The van der Waals surface area contributed by atoms with Gasteiger partial charge in [-0.1, -0.05) is 48.5 Å². The zero-order valence-corrected chi connectivity index (χ0v) is 25.1. The molecule has 1 aliphatic heterocycles. The van der Waals surface area contributed by atoms with Crippen molar-refractivity contribution in [2.75, 3.05) is 6.61 Å². The fourth-order valence-electron chi connectivity index (χ4n) is 5.33. The quantitative estimate of drug-likeness (QED) is 0.228. The number of benzene rings is 3. The summed E-state index contributed by atoms with van der Waals surface area (Å²) in [7, 11) is 0. The van der Waals surface area contributed by atoms with E-state index in [4.69, 9.17) is 19.9 Å². The summed E-state index contributed by atoms with van der Waals surface area (Å²) in [5.41, 5.74) is 7.75. The third-order valence-corrected chi connectivity index (χ3v) is 7.19. The predicted molar refractivity (Wildman–Crippen MR) is 166 cm³/mol. The summed E-state index contributed by atoms with van der Waals surface area (Å²) in [5, 5.41) is 23.1. The largest absolute Gasteiger partial charge is 0.490 e. The highest BCUT2D eigenvalue weighted by atomic mass is 19.1. The second kappa shape index (κ2) is 12.0. The molecule has 3 heterocycles. The van der Waals surface area contributed by atoms with Crippen molar-refractivity contribution >= 4 is 11.6 Å². The molecule has 5 aromatic rings. The van der Waals surface area contributed by atoms with E-state index in [2.05, 4.69) is 24.3 Å². The predicted octanol–water partition coefficient (Wildman–Crippen LogP) is 7.22. The molecule has 1 aliphatic rings. The molecule has 0 spiro atoms. The van der Waals surface area contributed by atoms with E-state index in [0.717, 1.165) is 34.2 Å². The van der Waals surface area contributed by atoms with Crippen molar-refractivity contribution < 1.29 is 24.1 Å². The Morgan fingerprint density at radius 1 is 1.00 bits per heavy atom. The normalized spacial score (nSPS) is 12.7. The van der Waals surface area contributed by atoms with E-state index in [1.54, 1.807) is 32.2 Å². The molecule has 6 rings (SSSR count). The van der Waals surface area contributed by atoms with Crippen LogP contribution in [0.1, 0.15) is 49.6 Å². The van der Waals surface area contributed by atoms with Gasteiger partial charge in [0.1, 0.15) is 0 Å². The third-order valence-electron chi connectivity index (χ3n) is 7.19. The minimum atomic E-state index is -0.988. The van der Waals surface area contributed by atoms with E-state index in [-0.39, 0.29) is 12.2 Å². The number of aromatic nitrogens is 3. The van der Waals surface area contributed by atoms with Crippen LogP contribution >= 0.6 is 0 Å². The number of carbonyl (C=O) groups is 1. The molecule has 0 saturated heterocycles. The number of ether oxygens (including phenoxy) is 1. The van der Waals surface area contributed by atoms with Crippen LogP contribution in [0.3, 0.4) is 0 Å². The molecule has 7 nitrogen and oxygen atoms in total. The van der Waals surface area contributed by atoms with Crippen LogP contribution in [0.25, 0.3) is 39.3 Å². The summed E-state index contributed by atoms with van der Waals surface area (Å²) in [6.45, 7) is 9.43. The highest BCUT2D eigenvalue weighted by Gasteiger charge is 2.26. The number of aliphatic carboxylic acids is 1. The summed E-state index contributed by atoms with van der Waals surface area (Å²) in [4.78, 5) is 16.6. The van der Waals surface area contributed by atoms with Crippen molar-refractivity contribution in [1.29, 1.82) is 0 Å². The van der Waals surface area contributed by atoms with E-state index in [0.29, 0.717) is 46.9 Å². The maximum Gasteiger partial charge on any atom is 0.307 e. The number of fused-ring (bicyclic) bond motifs is 2. The van der Waals surface area contributed by atoms with Crippen molar-refractivity contribution in [3.05, 3.63) is 94.9 Å². The first-order valence-corrected chi connectivity index (χ1v) is 14.3. The summed E-state index contributed by atoms with van der Waals surface area (Å²) in [5.74, 6) is -1.15. The van der Waals surface area contributed by atoms with E-state index in [1.165, 1.54) is 6.07 Å². The first-order chi connectivity index (χ1) is 20.4. The second-order valence-corrected chi connectivity index (χ2v) is 11.8. The molecule has 222 valence electrons. The van der Waals surface area contributed by atoms with Gasteiger partial charge in [0.15, 0.2) is 17.2 Å². The summed E-state index contributed by atoms with van der Waals surface area (Å²) < 4.78 is 22.6. The number of nitrogens with zero attached hydrogens (tertiary/aromatic N) is 3. The van der Waals surface area contributed by atoms with Crippen LogP contribution in [0.4, 0.5) is 4.39 Å². The van der Waals surface area contributed by atoms with Gasteiger partial charge in [-0.25, -0.2) is 13.9 Å². The number of halogens is 1. The highest BCUT2D eigenvalue weighted by Crippen LogP contribution is 2.39. The van der Waals surface area contributed by atoms with E-state index in [9.17, 15) is 9.90 Å². The molecular weight excluding hydrogens is 545 g/mol. The third kappa shape index (κ3) is 6.60. The standard InChI is InChI=1S/C31H26FN3O3.C4H10O/c1-18-23-12-7-13-38-31(23)26(32)15-24(18)30-25(16-29(36)37)19(2)33-28-17-27(34-35(28)30)22-11-6-10-21(14-22)20-8-4-3-5-9-20;1-4(2,3)5/h3-6,8-11,14-15,17H,7,12-13,16H2,1-2H3,(H,36,37);5H,1-3H3. The molecule has 0 aliphatic carbocycles. The maximum atomic E-state index is 15.3. The Bertz CT molecular complexity index is 1800. The molecule has 8 heteroatoms. The number of rotatable bonds is 5. The molecule has 2 N–H and O–H groups in total. The Kier molecular flexibility index (Phi) is 8.33. The number of hydrogen-bond donors (Lipinski definition) is 2. The van der Waals surface area contributed by atoms with Crippen LogP contribution in [0, 0.1) is 19.7 Å². The van der Waals surface area contributed by atoms with E-state index < -0.39 is 17.4 Å². The number of carboxylic acids is 1. The van der Waals surface area contributed by atoms with Gasteiger partial charge in [-0.05, 0) is 76.3 Å². The minimum absolute atomic E-state index is 0.253. The lowest BCUT2D eigenvalue weighted by Crippen LogP contribution is -2.14. The van der Waals surface area contributed by atoms with Gasteiger partial charge in [-0.2, -0.15) is 5.10 Å². The van der Waals surface area contributed by atoms with Crippen LogP contribution in [0.5, 0.6) is 5.75 Å². The molecule has 0 fully saturated rings. The Morgan fingerprint density at radius 3 is 2.37 bits per heavy atom. The minimum Gasteiger partial charge on any atom is -0.490 e. The van der Waals surface area contributed by atoms with Gasteiger partial charge in [0.2, 0.25) is 0 Å². The van der Waals surface area contributed by atoms with Crippen molar-refractivity contribution in [3.63, 3.8) is 0 Å². The van der Waals surface area contributed by atoms with E-state index >= 15 is 4.39 Å². The van der Waals surface area contributed by atoms with Crippen LogP contribution in [-0.4, -0.2) is 43.0 Å². The molecule has 0 bridgehead atoms. The van der Waals surface area contributed by atoms with Crippen molar-refractivity contribution in [1.82, 2.24) is 14.6 Å². The number of aryl methyl sites for hydroxylation is 1. The zero-order valence-electron chi connectivity index (χ0n) is 25.1. The Morgan fingerprint density at radius 2 is 1.67 bits per heavy atom. The fourth-order valence-corrected chi connectivity index (χ4v) is 5.33. The maximum absolute atomic E-state index is 15.3. The van der Waals surface area contributed by atoms with Gasteiger partial charge in [0, 0.05) is 34.0 Å². The molecule has 3 aromatic carbocycles. The zero-order chi connectivity index (χ0) is 30.9. The molecule has 0 saturated carbocycles. The molecule has 0 amide bonds. The lowest BCUT2D eigenvalue weighted by atomic mass is 9.91. The summed E-state index contributed by atoms with van der Waals surface area (Å²) in [6.07, 6.45) is 1.24. The lowest BCUT2D eigenvalue weighted by molar-refractivity contribution is -0.136. The van der Waals surface area contributed by atoms with Crippen molar-refractivity contribution in [3.8, 4) is 39.4 Å².